The first kappa shape index (κ1) is 16.0. The van der Waals surface area contributed by atoms with Gasteiger partial charge in [0, 0.05) is 5.56 Å². The van der Waals surface area contributed by atoms with Crippen LogP contribution >= 0.6 is 0 Å². The third-order valence-corrected chi connectivity index (χ3v) is 3.59. The monoisotopic (exact) mass is 295 g/mol. The number of benzene rings is 1. The van der Waals surface area contributed by atoms with Crippen molar-refractivity contribution in [2.24, 2.45) is 5.92 Å². The Bertz CT molecular complexity index is 659. The summed E-state index contributed by atoms with van der Waals surface area (Å²) in [7, 11) is 0. The number of aliphatic carboxylic acids is 1. The topological polar surface area (TPSA) is 50.2 Å². The zero-order chi connectivity index (χ0) is 15.9. The highest BCUT2D eigenvalue weighted by atomic mass is 16.4. The maximum absolute atomic E-state index is 10.8. The van der Waals surface area contributed by atoms with Gasteiger partial charge in [-0.25, -0.2) is 4.98 Å². The average molecular weight is 295 g/mol. The minimum Gasteiger partial charge on any atom is -0.481 e. The molecule has 0 spiro atoms. The van der Waals surface area contributed by atoms with E-state index >= 15 is 0 Å². The SMILES string of the molecule is Cc1ccc(-c2cccc(C=CCCC(C)C(=O)O)n2)cc1. The molecule has 0 saturated heterocycles. The molecule has 1 atom stereocenters. The van der Waals surface area contributed by atoms with Crippen LogP contribution in [0.3, 0.4) is 0 Å². The highest BCUT2D eigenvalue weighted by Crippen LogP contribution is 2.18. The number of nitrogens with zero attached hydrogens (tertiary/aromatic N) is 1. The van der Waals surface area contributed by atoms with E-state index in [9.17, 15) is 4.79 Å². The second-order valence-electron chi connectivity index (χ2n) is 5.53. The molecule has 1 unspecified atom stereocenters. The Labute approximate surface area is 131 Å². The van der Waals surface area contributed by atoms with Gasteiger partial charge in [0.1, 0.15) is 0 Å². The van der Waals surface area contributed by atoms with Crippen molar-refractivity contribution in [2.45, 2.75) is 26.7 Å². The van der Waals surface area contributed by atoms with Gasteiger partial charge in [0.2, 0.25) is 0 Å². The second-order valence-corrected chi connectivity index (χ2v) is 5.53. The fourth-order valence-electron chi connectivity index (χ4n) is 2.10. The van der Waals surface area contributed by atoms with Gasteiger partial charge in [0.15, 0.2) is 0 Å². The Morgan fingerprint density at radius 2 is 1.95 bits per heavy atom. The molecule has 0 amide bonds. The van der Waals surface area contributed by atoms with Crippen molar-refractivity contribution in [1.82, 2.24) is 4.98 Å². The number of pyridine rings is 1. The lowest BCUT2D eigenvalue weighted by Gasteiger charge is -2.03. The Morgan fingerprint density at radius 1 is 1.23 bits per heavy atom. The summed E-state index contributed by atoms with van der Waals surface area (Å²) >= 11 is 0. The molecule has 2 rings (SSSR count). The molecule has 3 nitrogen and oxygen atoms in total. The fourth-order valence-corrected chi connectivity index (χ4v) is 2.10. The summed E-state index contributed by atoms with van der Waals surface area (Å²) in [6.07, 6.45) is 5.32. The Kier molecular flexibility index (Phi) is 5.48. The van der Waals surface area contributed by atoms with Crippen molar-refractivity contribution in [2.75, 3.05) is 0 Å². The maximum atomic E-state index is 10.8. The Balaban J connectivity index is 2.02. The molecule has 0 aliphatic carbocycles. The molecule has 0 radical (unpaired) electrons. The van der Waals surface area contributed by atoms with Gasteiger partial charge in [-0.05, 0) is 38.0 Å². The summed E-state index contributed by atoms with van der Waals surface area (Å²) in [6, 6.07) is 14.2. The standard InChI is InChI=1S/C19H21NO2/c1-14-10-12-16(13-11-14)18-9-5-8-17(20-18)7-4-3-6-15(2)19(21)22/h4-5,7-13,15H,3,6H2,1-2H3,(H,21,22). The first-order valence-corrected chi connectivity index (χ1v) is 7.49. The van der Waals surface area contributed by atoms with Crippen molar-refractivity contribution < 1.29 is 9.90 Å². The van der Waals surface area contributed by atoms with Gasteiger partial charge in [-0.15, -0.1) is 0 Å². The van der Waals surface area contributed by atoms with Crippen LogP contribution in [0.15, 0.2) is 48.5 Å². The number of carboxylic acid groups (broad SMARTS) is 1. The predicted octanol–water partition coefficient (Wildman–Crippen LogP) is 4.57. The van der Waals surface area contributed by atoms with Crippen LogP contribution in [-0.2, 0) is 4.79 Å². The van der Waals surface area contributed by atoms with Crippen molar-refractivity contribution >= 4 is 12.0 Å². The average Bonchev–Trinajstić information content (AvgIpc) is 2.52. The van der Waals surface area contributed by atoms with Crippen LogP contribution in [0.4, 0.5) is 0 Å². The van der Waals surface area contributed by atoms with E-state index in [1.807, 2.05) is 30.4 Å². The Morgan fingerprint density at radius 3 is 2.64 bits per heavy atom. The zero-order valence-corrected chi connectivity index (χ0v) is 13.0. The molecular formula is C19H21NO2. The lowest BCUT2D eigenvalue weighted by Crippen LogP contribution is -2.08. The quantitative estimate of drug-likeness (QED) is 0.849. The lowest BCUT2D eigenvalue weighted by molar-refractivity contribution is -0.141. The minimum atomic E-state index is -0.743. The number of rotatable bonds is 6. The van der Waals surface area contributed by atoms with Crippen LogP contribution in [0.1, 0.15) is 31.0 Å². The fraction of sp³-hybridized carbons (Fsp3) is 0.263. The molecule has 1 aromatic carbocycles. The summed E-state index contributed by atoms with van der Waals surface area (Å²) in [5.41, 5.74) is 4.16. The van der Waals surface area contributed by atoms with E-state index in [1.165, 1.54) is 5.56 Å². The van der Waals surface area contributed by atoms with Crippen LogP contribution in [0.25, 0.3) is 17.3 Å². The van der Waals surface area contributed by atoms with Gasteiger partial charge in [0.05, 0.1) is 17.3 Å². The van der Waals surface area contributed by atoms with E-state index in [-0.39, 0.29) is 5.92 Å². The third-order valence-electron chi connectivity index (χ3n) is 3.59. The van der Waals surface area contributed by atoms with Gasteiger partial charge in [-0.2, -0.15) is 0 Å². The highest BCUT2D eigenvalue weighted by Gasteiger charge is 2.08. The van der Waals surface area contributed by atoms with Crippen molar-refractivity contribution in [1.29, 1.82) is 0 Å². The number of carbonyl (C=O) groups is 1. The van der Waals surface area contributed by atoms with Gasteiger partial charge in [0.25, 0.3) is 0 Å². The number of hydrogen-bond donors (Lipinski definition) is 1. The first-order valence-electron chi connectivity index (χ1n) is 7.49. The van der Waals surface area contributed by atoms with E-state index in [4.69, 9.17) is 5.11 Å². The number of allylic oxidation sites excluding steroid dienone is 1. The lowest BCUT2D eigenvalue weighted by atomic mass is 10.1. The van der Waals surface area contributed by atoms with E-state index < -0.39 is 5.97 Å². The van der Waals surface area contributed by atoms with Crippen LogP contribution in [0.2, 0.25) is 0 Å². The largest absolute Gasteiger partial charge is 0.481 e. The number of carboxylic acids is 1. The number of aromatic nitrogens is 1. The molecule has 0 fully saturated rings. The molecule has 1 N–H and O–H groups in total. The molecule has 1 heterocycles. The molecule has 1 aromatic heterocycles. The van der Waals surface area contributed by atoms with Crippen molar-refractivity contribution in [3.63, 3.8) is 0 Å². The van der Waals surface area contributed by atoms with E-state index in [2.05, 4.69) is 36.2 Å². The van der Waals surface area contributed by atoms with Crippen LogP contribution < -0.4 is 0 Å². The van der Waals surface area contributed by atoms with E-state index in [0.717, 1.165) is 23.4 Å². The molecule has 0 aliphatic heterocycles. The third kappa shape index (κ3) is 4.55. The molecule has 114 valence electrons. The molecule has 0 saturated carbocycles. The van der Waals surface area contributed by atoms with Crippen molar-refractivity contribution in [3.05, 3.63) is 59.8 Å². The maximum Gasteiger partial charge on any atom is 0.306 e. The summed E-state index contributed by atoms with van der Waals surface area (Å²) in [4.78, 5) is 15.4. The van der Waals surface area contributed by atoms with E-state index in [0.29, 0.717) is 6.42 Å². The summed E-state index contributed by atoms with van der Waals surface area (Å²) in [5.74, 6) is -1.05. The summed E-state index contributed by atoms with van der Waals surface area (Å²) in [6.45, 7) is 3.79. The van der Waals surface area contributed by atoms with Gasteiger partial charge in [-0.1, -0.05) is 48.9 Å². The number of aryl methyl sites for hydroxylation is 1. The minimum absolute atomic E-state index is 0.309. The normalized spacial score (nSPS) is 12.5. The summed E-state index contributed by atoms with van der Waals surface area (Å²) < 4.78 is 0. The highest BCUT2D eigenvalue weighted by molar-refractivity contribution is 5.69. The molecule has 2 aromatic rings. The number of hydrogen-bond acceptors (Lipinski definition) is 2. The van der Waals surface area contributed by atoms with Crippen molar-refractivity contribution in [3.8, 4) is 11.3 Å². The second kappa shape index (κ2) is 7.55. The Hall–Kier alpha value is -2.42. The van der Waals surface area contributed by atoms with Gasteiger partial charge >= 0.3 is 5.97 Å². The van der Waals surface area contributed by atoms with Gasteiger partial charge in [-0.3, -0.25) is 4.79 Å². The van der Waals surface area contributed by atoms with Crippen LogP contribution in [0.5, 0.6) is 0 Å². The van der Waals surface area contributed by atoms with E-state index in [1.54, 1.807) is 6.92 Å². The predicted molar refractivity (Wildman–Crippen MR) is 89.5 cm³/mol. The van der Waals surface area contributed by atoms with Crippen LogP contribution in [0, 0.1) is 12.8 Å². The molecular weight excluding hydrogens is 274 g/mol. The molecule has 0 aliphatic rings. The first-order chi connectivity index (χ1) is 10.6. The van der Waals surface area contributed by atoms with Gasteiger partial charge < -0.3 is 5.11 Å². The zero-order valence-electron chi connectivity index (χ0n) is 13.0. The molecule has 3 heteroatoms. The van der Waals surface area contributed by atoms with Crippen LogP contribution in [-0.4, -0.2) is 16.1 Å². The smallest absolute Gasteiger partial charge is 0.306 e. The summed E-state index contributed by atoms with van der Waals surface area (Å²) in [5, 5.41) is 8.84. The molecule has 0 bridgehead atoms. The molecule has 22 heavy (non-hydrogen) atoms.